The average Bonchev–Trinajstić information content (AvgIpc) is 2.23. The Morgan fingerprint density at radius 3 is 2.24 bits per heavy atom. The molecule has 1 amide bonds. The summed E-state index contributed by atoms with van der Waals surface area (Å²) in [5, 5.41) is 2.99. The Hall–Kier alpha value is -0.530. The van der Waals surface area contributed by atoms with Gasteiger partial charge < -0.3 is 5.32 Å². The fraction of sp³-hybridized carbons (Fsp3) is 0.933. The minimum absolute atomic E-state index is 0.224. The molecule has 0 aliphatic carbocycles. The van der Waals surface area contributed by atoms with Gasteiger partial charge in [0.05, 0.1) is 0 Å². The number of carbonyl (C=O) groups is 1. The van der Waals surface area contributed by atoms with E-state index in [2.05, 4.69) is 33.0 Å². The number of hydrogen-bond acceptors (Lipinski definition) is 1. The molecule has 0 aromatic carbocycles. The molecular formula is C15H31NO. The Labute approximate surface area is 108 Å². The van der Waals surface area contributed by atoms with Crippen molar-refractivity contribution in [1.82, 2.24) is 5.32 Å². The van der Waals surface area contributed by atoms with Crippen LogP contribution in [0, 0.1) is 5.41 Å². The summed E-state index contributed by atoms with van der Waals surface area (Å²) in [7, 11) is 0. The Kier molecular flexibility index (Phi) is 9.20. The molecule has 102 valence electrons. The van der Waals surface area contributed by atoms with Crippen molar-refractivity contribution in [1.29, 1.82) is 0 Å². The zero-order valence-corrected chi connectivity index (χ0v) is 12.3. The number of carbonyl (C=O) groups excluding carboxylic acids is 1. The number of hydrogen-bond donors (Lipinski definition) is 1. The van der Waals surface area contributed by atoms with E-state index in [9.17, 15) is 4.79 Å². The third-order valence-electron chi connectivity index (χ3n) is 2.93. The molecule has 1 N–H and O–H groups in total. The summed E-state index contributed by atoms with van der Waals surface area (Å²) < 4.78 is 0. The van der Waals surface area contributed by atoms with Gasteiger partial charge >= 0.3 is 0 Å². The Balaban J connectivity index is 3.21. The lowest BCUT2D eigenvalue weighted by Crippen LogP contribution is -2.23. The Morgan fingerprint density at radius 1 is 1.00 bits per heavy atom. The molecule has 0 unspecified atom stereocenters. The number of amides is 1. The summed E-state index contributed by atoms with van der Waals surface area (Å²) >= 11 is 0. The van der Waals surface area contributed by atoms with Crippen LogP contribution in [0.5, 0.6) is 0 Å². The summed E-state index contributed by atoms with van der Waals surface area (Å²) in [4.78, 5) is 11.3. The third kappa shape index (κ3) is 13.4. The molecule has 17 heavy (non-hydrogen) atoms. The lowest BCUT2D eigenvalue weighted by atomic mass is 9.89. The molecule has 0 heterocycles. The second-order valence-electron chi connectivity index (χ2n) is 6.18. The van der Waals surface area contributed by atoms with Crippen LogP contribution in [0.4, 0.5) is 0 Å². The van der Waals surface area contributed by atoms with Crippen molar-refractivity contribution in [3.63, 3.8) is 0 Å². The maximum absolute atomic E-state index is 11.3. The van der Waals surface area contributed by atoms with Crippen LogP contribution in [-0.2, 0) is 4.79 Å². The van der Waals surface area contributed by atoms with Gasteiger partial charge in [0.1, 0.15) is 0 Å². The van der Waals surface area contributed by atoms with Crippen molar-refractivity contribution in [2.45, 2.75) is 79.1 Å². The monoisotopic (exact) mass is 241 g/mol. The van der Waals surface area contributed by atoms with Crippen molar-refractivity contribution in [2.75, 3.05) is 6.54 Å². The molecule has 0 spiro atoms. The fourth-order valence-corrected chi connectivity index (χ4v) is 1.79. The zero-order valence-electron chi connectivity index (χ0n) is 12.3. The Morgan fingerprint density at radius 2 is 1.65 bits per heavy atom. The van der Waals surface area contributed by atoms with E-state index in [1.54, 1.807) is 0 Å². The van der Waals surface area contributed by atoms with Gasteiger partial charge in [-0.2, -0.15) is 0 Å². The van der Waals surface area contributed by atoms with E-state index in [0.29, 0.717) is 11.8 Å². The first-order valence-corrected chi connectivity index (χ1v) is 7.22. The van der Waals surface area contributed by atoms with Crippen LogP contribution in [0.15, 0.2) is 0 Å². The fourth-order valence-electron chi connectivity index (χ4n) is 1.79. The Bertz CT molecular complexity index is 194. The second-order valence-corrected chi connectivity index (χ2v) is 6.18. The van der Waals surface area contributed by atoms with Crippen LogP contribution in [-0.4, -0.2) is 12.5 Å². The highest BCUT2D eigenvalue weighted by molar-refractivity contribution is 5.75. The molecule has 0 radical (unpaired) electrons. The first-order chi connectivity index (χ1) is 7.95. The van der Waals surface area contributed by atoms with E-state index < -0.39 is 0 Å². The van der Waals surface area contributed by atoms with Crippen molar-refractivity contribution in [3.05, 3.63) is 0 Å². The molecule has 2 heteroatoms. The first-order valence-electron chi connectivity index (χ1n) is 7.22. The van der Waals surface area contributed by atoms with Gasteiger partial charge in [-0.25, -0.2) is 0 Å². The highest BCUT2D eigenvalue weighted by Crippen LogP contribution is 2.22. The van der Waals surface area contributed by atoms with Crippen LogP contribution < -0.4 is 5.32 Å². The molecule has 0 atom stereocenters. The molecule has 0 saturated carbocycles. The maximum Gasteiger partial charge on any atom is 0.219 e. The van der Waals surface area contributed by atoms with Gasteiger partial charge in [0.15, 0.2) is 0 Å². The van der Waals surface area contributed by atoms with Crippen molar-refractivity contribution >= 4 is 5.91 Å². The molecule has 0 aromatic rings. The zero-order chi connectivity index (χ0) is 13.1. The summed E-state index contributed by atoms with van der Waals surface area (Å²) in [5.41, 5.74) is 0.467. The molecular weight excluding hydrogens is 210 g/mol. The average molecular weight is 241 g/mol. The predicted molar refractivity (Wildman–Crippen MR) is 75.1 cm³/mol. The van der Waals surface area contributed by atoms with E-state index in [1.807, 2.05) is 0 Å². The molecule has 0 saturated heterocycles. The van der Waals surface area contributed by atoms with Gasteiger partial charge in [0, 0.05) is 13.0 Å². The largest absolute Gasteiger partial charge is 0.356 e. The van der Waals surface area contributed by atoms with Gasteiger partial charge in [-0.15, -0.1) is 0 Å². The highest BCUT2D eigenvalue weighted by Gasteiger charge is 2.08. The van der Waals surface area contributed by atoms with Gasteiger partial charge in [-0.3, -0.25) is 4.79 Å². The van der Waals surface area contributed by atoms with Crippen LogP contribution >= 0.6 is 0 Å². The van der Waals surface area contributed by atoms with E-state index >= 15 is 0 Å². The lowest BCUT2D eigenvalue weighted by Gasteiger charge is -2.17. The molecule has 0 rings (SSSR count). The van der Waals surface area contributed by atoms with Crippen LogP contribution in [0.2, 0.25) is 0 Å². The minimum Gasteiger partial charge on any atom is -0.356 e. The summed E-state index contributed by atoms with van der Waals surface area (Å²) in [5.74, 6) is 0.224. The van der Waals surface area contributed by atoms with Gasteiger partial charge in [0.25, 0.3) is 0 Å². The van der Waals surface area contributed by atoms with Gasteiger partial charge in [-0.05, 0) is 24.7 Å². The van der Waals surface area contributed by atoms with Crippen molar-refractivity contribution < 1.29 is 4.79 Å². The molecule has 0 aliphatic heterocycles. The molecule has 0 aromatic heterocycles. The number of unbranched alkanes of at least 4 members (excludes halogenated alkanes) is 4. The smallest absolute Gasteiger partial charge is 0.219 e. The SMILES string of the molecule is CCCCC(=O)NCCCCCCC(C)(C)C. The molecule has 2 nitrogen and oxygen atoms in total. The highest BCUT2D eigenvalue weighted by atomic mass is 16.1. The van der Waals surface area contributed by atoms with Gasteiger partial charge in [-0.1, -0.05) is 53.4 Å². The molecule has 0 bridgehead atoms. The summed E-state index contributed by atoms with van der Waals surface area (Å²) in [6.45, 7) is 9.85. The summed E-state index contributed by atoms with van der Waals surface area (Å²) in [6.07, 6.45) is 9.08. The van der Waals surface area contributed by atoms with Crippen LogP contribution in [0.1, 0.15) is 79.1 Å². The summed E-state index contributed by atoms with van der Waals surface area (Å²) in [6, 6.07) is 0. The van der Waals surface area contributed by atoms with Crippen molar-refractivity contribution in [3.8, 4) is 0 Å². The number of nitrogens with one attached hydrogen (secondary N) is 1. The molecule has 0 aliphatic rings. The van der Waals surface area contributed by atoms with Crippen LogP contribution in [0.3, 0.4) is 0 Å². The standard InChI is InChI=1S/C15H31NO/c1-5-6-11-14(17)16-13-10-8-7-9-12-15(2,3)4/h5-13H2,1-4H3,(H,16,17). The lowest BCUT2D eigenvalue weighted by molar-refractivity contribution is -0.121. The molecule has 0 fully saturated rings. The second kappa shape index (κ2) is 9.49. The normalized spacial score (nSPS) is 11.5. The van der Waals surface area contributed by atoms with E-state index in [-0.39, 0.29) is 5.91 Å². The quantitative estimate of drug-likeness (QED) is 0.599. The maximum atomic E-state index is 11.3. The predicted octanol–water partition coefficient (Wildman–Crippen LogP) is 4.29. The van der Waals surface area contributed by atoms with Crippen molar-refractivity contribution in [2.24, 2.45) is 5.41 Å². The topological polar surface area (TPSA) is 29.1 Å². The van der Waals surface area contributed by atoms with Gasteiger partial charge in [0.2, 0.25) is 5.91 Å². The number of rotatable bonds is 9. The first kappa shape index (κ1) is 16.5. The minimum atomic E-state index is 0.224. The van der Waals surface area contributed by atoms with E-state index in [0.717, 1.165) is 25.8 Å². The van der Waals surface area contributed by atoms with E-state index in [4.69, 9.17) is 0 Å². The third-order valence-corrected chi connectivity index (χ3v) is 2.93. The van der Waals surface area contributed by atoms with Crippen LogP contribution in [0.25, 0.3) is 0 Å². The van der Waals surface area contributed by atoms with E-state index in [1.165, 1.54) is 25.7 Å².